The van der Waals surface area contributed by atoms with Crippen LogP contribution in [0.2, 0.25) is 0 Å². The van der Waals surface area contributed by atoms with Gasteiger partial charge in [-0.15, -0.1) is 11.3 Å². The second kappa shape index (κ2) is 7.92. The molecule has 1 N–H and O–H groups in total. The number of hydrogen-bond acceptors (Lipinski definition) is 5. The van der Waals surface area contributed by atoms with E-state index in [-0.39, 0.29) is 11.7 Å². The molecule has 0 unspecified atom stereocenters. The number of fused-ring (bicyclic) bond motifs is 1. The van der Waals surface area contributed by atoms with Crippen LogP contribution in [0.1, 0.15) is 17.5 Å². The maximum absolute atomic E-state index is 13.1. The second-order valence-electron chi connectivity index (χ2n) is 7.40. The van der Waals surface area contributed by atoms with Crippen LogP contribution in [0.3, 0.4) is 0 Å². The Kier molecular flexibility index (Phi) is 4.95. The number of thiazole rings is 1. The number of rotatable bonds is 4. The molecule has 0 aliphatic carbocycles. The predicted molar refractivity (Wildman–Crippen MR) is 121 cm³/mol. The lowest BCUT2D eigenvalue weighted by molar-refractivity contribution is -0.125. The summed E-state index contributed by atoms with van der Waals surface area (Å²) in [6.45, 7) is 2.07. The monoisotopic (exact) mass is 431 g/mol. The third kappa shape index (κ3) is 4.04. The molecule has 3 aromatic carbocycles. The number of carbonyl (C=O) groups is 1. The van der Waals surface area contributed by atoms with Crippen LogP contribution < -0.4 is 5.32 Å². The van der Waals surface area contributed by atoms with Gasteiger partial charge in [-0.2, -0.15) is 0 Å². The number of hydrogen-bond donors (Lipinski definition) is 1. The van der Waals surface area contributed by atoms with E-state index in [1.807, 2.05) is 30.3 Å². The van der Waals surface area contributed by atoms with Gasteiger partial charge in [0.2, 0.25) is 6.10 Å². The van der Waals surface area contributed by atoms with Gasteiger partial charge in [-0.1, -0.05) is 23.4 Å². The van der Waals surface area contributed by atoms with Gasteiger partial charge in [0.15, 0.2) is 0 Å². The third-order valence-electron chi connectivity index (χ3n) is 5.08. The number of aromatic nitrogens is 1. The summed E-state index contributed by atoms with van der Waals surface area (Å²) in [6.07, 6.45) is -0.382. The Hall–Kier alpha value is -3.58. The van der Waals surface area contributed by atoms with Gasteiger partial charge in [0.05, 0.1) is 15.9 Å². The minimum atomic E-state index is -0.716. The molecule has 1 aromatic heterocycles. The molecular weight excluding hydrogens is 413 g/mol. The first-order valence-corrected chi connectivity index (χ1v) is 10.6. The summed E-state index contributed by atoms with van der Waals surface area (Å²) in [5, 5.41) is 7.79. The number of anilines is 1. The molecule has 5 nitrogen and oxygen atoms in total. The average Bonchev–Trinajstić information content (AvgIpc) is 3.42. The molecule has 4 aromatic rings. The smallest absolute Gasteiger partial charge is 0.268 e. The Bertz CT molecular complexity index is 1300. The quantitative estimate of drug-likeness (QED) is 0.461. The van der Waals surface area contributed by atoms with E-state index in [2.05, 4.69) is 29.5 Å². The standard InChI is InChI=1S/C24H18FN3O2S/c1-14-2-11-19-22(12-14)31-24(27-19)16-5-9-18(10-6-16)26-23(29)21-13-20(28-30-21)15-3-7-17(25)8-4-15/h2-12,21H,13H2,1H3,(H,26,29)/t21-/m0/s1. The summed E-state index contributed by atoms with van der Waals surface area (Å²) in [6, 6.07) is 19.8. The lowest BCUT2D eigenvalue weighted by atomic mass is 10.0. The van der Waals surface area contributed by atoms with Crippen molar-refractivity contribution in [3.63, 3.8) is 0 Å². The molecule has 0 radical (unpaired) electrons. The van der Waals surface area contributed by atoms with Gasteiger partial charge in [-0.3, -0.25) is 4.79 Å². The number of amides is 1. The van der Waals surface area contributed by atoms with Gasteiger partial charge in [-0.25, -0.2) is 9.37 Å². The van der Waals surface area contributed by atoms with Gasteiger partial charge in [0.1, 0.15) is 10.8 Å². The molecule has 1 atom stereocenters. The summed E-state index contributed by atoms with van der Waals surface area (Å²) in [5.74, 6) is -0.592. The van der Waals surface area contributed by atoms with Crippen molar-refractivity contribution in [2.45, 2.75) is 19.4 Å². The van der Waals surface area contributed by atoms with Crippen LogP contribution in [0, 0.1) is 12.7 Å². The van der Waals surface area contributed by atoms with E-state index in [1.54, 1.807) is 23.5 Å². The highest BCUT2D eigenvalue weighted by molar-refractivity contribution is 7.21. The van der Waals surface area contributed by atoms with Crippen molar-refractivity contribution in [3.8, 4) is 10.6 Å². The zero-order valence-corrected chi connectivity index (χ0v) is 17.4. The second-order valence-corrected chi connectivity index (χ2v) is 8.43. The fraction of sp³-hybridized carbons (Fsp3) is 0.125. The van der Waals surface area contributed by atoms with Crippen molar-refractivity contribution in [1.82, 2.24) is 4.98 Å². The number of oxime groups is 1. The van der Waals surface area contributed by atoms with E-state index in [1.165, 1.54) is 17.7 Å². The summed E-state index contributed by atoms with van der Waals surface area (Å²) in [5.41, 5.74) is 5.23. The van der Waals surface area contributed by atoms with Crippen molar-refractivity contribution in [3.05, 3.63) is 83.7 Å². The van der Waals surface area contributed by atoms with E-state index in [9.17, 15) is 9.18 Å². The van der Waals surface area contributed by atoms with E-state index >= 15 is 0 Å². The van der Waals surface area contributed by atoms with Crippen LogP contribution in [0.25, 0.3) is 20.8 Å². The highest BCUT2D eigenvalue weighted by atomic mass is 32.1. The van der Waals surface area contributed by atoms with E-state index in [0.717, 1.165) is 26.4 Å². The Labute approximate surface area is 182 Å². The third-order valence-corrected chi connectivity index (χ3v) is 6.15. The highest BCUT2D eigenvalue weighted by Crippen LogP contribution is 2.31. The molecule has 0 bridgehead atoms. The molecule has 31 heavy (non-hydrogen) atoms. The molecule has 2 heterocycles. The van der Waals surface area contributed by atoms with Crippen LogP contribution >= 0.6 is 11.3 Å². The van der Waals surface area contributed by atoms with Crippen LogP contribution in [0.4, 0.5) is 10.1 Å². The van der Waals surface area contributed by atoms with Crippen LogP contribution in [-0.4, -0.2) is 22.7 Å². The zero-order valence-electron chi connectivity index (χ0n) is 16.6. The number of nitrogens with one attached hydrogen (secondary N) is 1. The Balaban J connectivity index is 1.24. The molecule has 1 aliphatic rings. The van der Waals surface area contributed by atoms with Gasteiger partial charge in [-0.05, 0) is 66.6 Å². The summed E-state index contributed by atoms with van der Waals surface area (Å²) >= 11 is 1.65. The molecule has 0 spiro atoms. The molecule has 0 fully saturated rings. The maximum Gasteiger partial charge on any atom is 0.268 e. The highest BCUT2D eigenvalue weighted by Gasteiger charge is 2.29. The normalized spacial score (nSPS) is 15.5. The Morgan fingerprint density at radius 1 is 1.06 bits per heavy atom. The first-order valence-electron chi connectivity index (χ1n) is 9.82. The fourth-order valence-electron chi connectivity index (χ4n) is 3.40. The number of carbonyl (C=O) groups excluding carboxylic acids is 1. The molecule has 154 valence electrons. The van der Waals surface area contributed by atoms with Crippen molar-refractivity contribution in [1.29, 1.82) is 0 Å². The fourth-order valence-corrected chi connectivity index (χ4v) is 4.47. The van der Waals surface area contributed by atoms with E-state index in [0.29, 0.717) is 17.8 Å². The van der Waals surface area contributed by atoms with Gasteiger partial charge in [0.25, 0.3) is 5.91 Å². The Morgan fingerprint density at radius 3 is 2.58 bits per heavy atom. The maximum atomic E-state index is 13.1. The Morgan fingerprint density at radius 2 is 1.81 bits per heavy atom. The summed E-state index contributed by atoms with van der Waals surface area (Å²) in [7, 11) is 0. The van der Waals surface area contributed by atoms with Gasteiger partial charge < -0.3 is 10.2 Å². The van der Waals surface area contributed by atoms with Gasteiger partial charge >= 0.3 is 0 Å². The molecule has 0 saturated carbocycles. The van der Waals surface area contributed by atoms with Gasteiger partial charge in [0, 0.05) is 17.7 Å². The predicted octanol–water partition coefficient (Wildman–Crippen LogP) is 5.54. The molecule has 0 saturated heterocycles. The number of halogens is 1. The molecule has 1 aliphatic heterocycles. The number of nitrogens with zero attached hydrogens (tertiary/aromatic N) is 2. The van der Waals surface area contributed by atoms with Crippen LogP contribution in [0.15, 0.2) is 71.9 Å². The molecule has 1 amide bonds. The molecular formula is C24H18FN3O2S. The average molecular weight is 431 g/mol. The zero-order chi connectivity index (χ0) is 21.4. The van der Waals surface area contributed by atoms with E-state index < -0.39 is 6.10 Å². The SMILES string of the molecule is Cc1ccc2nc(-c3ccc(NC(=O)[C@@H]4CC(c5ccc(F)cc5)=NO4)cc3)sc2c1. The first kappa shape index (κ1) is 19.4. The van der Waals surface area contributed by atoms with E-state index in [4.69, 9.17) is 9.82 Å². The topological polar surface area (TPSA) is 63.6 Å². The minimum absolute atomic E-state index is 0.274. The van der Waals surface area contributed by atoms with Crippen molar-refractivity contribution >= 4 is 38.9 Å². The van der Waals surface area contributed by atoms with Crippen LogP contribution in [-0.2, 0) is 9.63 Å². The lowest BCUT2D eigenvalue weighted by Gasteiger charge is -2.10. The van der Waals surface area contributed by atoms with Crippen molar-refractivity contribution < 1.29 is 14.0 Å². The largest absolute Gasteiger partial charge is 0.382 e. The first-order chi connectivity index (χ1) is 15.0. The molecule has 7 heteroatoms. The minimum Gasteiger partial charge on any atom is -0.382 e. The summed E-state index contributed by atoms with van der Waals surface area (Å²) < 4.78 is 14.2. The lowest BCUT2D eigenvalue weighted by Crippen LogP contribution is -2.28. The van der Waals surface area contributed by atoms with Crippen molar-refractivity contribution in [2.75, 3.05) is 5.32 Å². The van der Waals surface area contributed by atoms with Crippen molar-refractivity contribution in [2.24, 2.45) is 5.16 Å². The summed E-state index contributed by atoms with van der Waals surface area (Å²) in [4.78, 5) is 22.6. The number of aryl methyl sites for hydroxylation is 1. The molecule has 5 rings (SSSR count). The number of benzene rings is 3. The van der Waals surface area contributed by atoms with Crippen LogP contribution in [0.5, 0.6) is 0 Å².